The van der Waals surface area contributed by atoms with Crippen LogP contribution in [0.1, 0.15) is 33.6 Å². The van der Waals surface area contributed by atoms with Crippen molar-refractivity contribution < 1.29 is 45.9 Å². The molecule has 0 aliphatic rings. The van der Waals surface area contributed by atoms with Crippen LogP contribution in [0.2, 0.25) is 0 Å². The predicted molar refractivity (Wildman–Crippen MR) is 63.6 cm³/mol. The second kappa shape index (κ2) is 8.53. The van der Waals surface area contributed by atoms with Gasteiger partial charge < -0.3 is 0 Å². The quantitative estimate of drug-likeness (QED) is 0.594. The summed E-state index contributed by atoms with van der Waals surface area (Å²) in [6, 6.07) is 0. The van der Waals surface area contributed by atoms with E-state index in [9.17, 15) is 4.79 Å². The molecule has 0 saturated carbocycles. The van der Waals surface area contributed by atoms with Crippen LogP contribution in [0.3, 0.4) is 0 Å². The molecular formula is C12H21NO2VW. The number of rotatable bonds is 7. The van der Waals surface area contributed by atoms with Crippen molar-refractivity contribution in [2.24, 2.45) is 5.41 Å². The van der Waals surface area contributed by atoms with E-state index in [2.05, 4.69) is 43.1 Å². The first-order chi connectivity index (χ1) is 7.76. The van der Waals surface area contributed by atoms with Crippen molar-refractivity contribution in [2.45, 2.75) is 33.6 Å². The van der Waals surface area contributed by atoms with Crippen LogP contribution in [0.5, 0.6) is 0 Å². The van der Waals surface area contributed by atoms with Crippen molar-refractivity contribution in [3.8, 4) is 0 Å². The first kappa shape index (κ1) is 17.4. The Balaban J connectivity index is 4.00. The molecule has 5 heteroatoms. The first-order valence-corrected chi connectivity index (χ1v) is 7.76. The van der Waals surface area contributed by atoms with Crippen molar-refractivity contribution in [1.82, 2.24) is 5.32 Å². The number of ether oxygens (including phenoxy) is 1. The molecule has 0 bridgehead atoms. The minimum absolute atomic E-state index is 0.0229. The maximum atomic E-state index is 11.7. The molecule has 0 aromatic rings. The van der Waals surface area contributed by atoms with Gasteiger partial charge in [-0.15, -0.1) is 0 Å². The van der Waals surface area contributed by atoms with Gasteiger partial charge >= 0.3 is 125 Å². The molecule has 1 amide bonds. The molecule has 3 nitrogen and oxygen atoms in total. The standard InChI is InChI=1S/C12H21NO2.V.W/c1-12(2,3)8-6-5-7-11(14)13-9-10-15-4;;/h5,8-10H2,1-4H3,(H,13,14);;. The molecular weight excluding hydrogens is 425 g/mol. The Morgan fingerprint density at radius 3 is 2.47 bits per heavy atom. The predicted octanol–water partition coefficient (Wildman–Crippen LogP) is 1.01. The zero-order valence-electron chi connectivity index (χ0n) is 11.0. The van der Waals surface area contributed by atoms with E-state index in [0.717, 1.165) is 17.1 Å². The molecule has 1 N–H and O–H groups in total. The van der Waals surface area contributed by atoms with E-state index in [0.29, 0.717) is 18.6 Å². The minimum atomic E-state index is 0.0229. The zero-order chi connectivity index (χ0) is 13.5. The van der Waals surface area contributed by atoms with Gasteiger partial charge in [0.2, 0.25) is 0 Å². The average molecular weight is 446 g/mol. The molecule has 0 unspecified atom stereocenters. The molecule has 0 heterocycles. The van der Waals surface area contributed by atoms with Crippen molar-refractivity contribution in [3.63, 3.8) is 0 Å². The fourth-order valence-electron chi connectivity index (χ4n) is 1.29. The second-order valence-corrected chi connectivity index (χ2v) is 8.07. The first-order valence-electron chi connectivity index (χ1n) is 5.60. The maximum absolute atomic E-state index is 11.7. The van der Waals surface area contributed by atoms with E-state index in [4.69, 9.17) is 4.74 Å². The van der Waals surface area contributed by atoms with Crippen LogP contribution in [0, 0.1) is 5.41 Å². The van der Waals surface area contributed by atoms with Gasteiger partial charge in [0.1, 0.15) is 0 Å². The summed E-state index contributed by atoms with van der Waals surface area (Å²) in [7, 11) is 1.63. The molecule has 17 heavy (non-hydrogen) atoms. The van der Waals surface area contributed by atoms with Gasteiger partial charge in [-0.2, -0.15) is 0 Å². The summed E-state index contributed by atoms with van der Waals surface area (Å²) in [5.41, 5.74) is 0.302. The fourth-order valence-corrected chi connectivity index (χ4v) is 4.46. The molecule has 0 rings (SSSR count). The molecule has 0 aliphatic heterocycles. The van der Waals surface area contributed by atoms with E-state index in [1.165, 1.54) is 23.3 Å². The third-order valence-corrected chi connectivity index (χ3v) is 3.55. The van der Waals surface area contributed by atoms with E-state index in [1.54, 1.807) is 7.11 Å². The Hall–Kier alpha value is 0.443. The molecule has 0 saturated heterocycles. The third-order valence-electron chi connectivity index (χ3n) is 1.95. The SMILES string of the molecule is COCCNC(=O)[C](=[V])C[C](=[W])CC(C)(C)C. The Bertz CT molecular complexity index is 297. The van der Waals surface area contributed by atoms with Crippen LogP contribution >= 0.6 is 0 Å². The van der Waals surface area contributed by atoms with Crippen molar-refractivity contribution >= 4 is 14.0 Å². The van der Waals surface area contributed by atoms with Crippen LogP contribution in [0.25, 0.3) is 0 Å². The molecule has 97 valence electrons. The van der Waals surface area contributed by atoms with Gasteiger partial charge in [-0.05, 0) is 0 Å². The molecule has 0 spiro atoms. The van der Waals surface area contributed by atoms with E-state index in [1.807, 2.05) is 0 Å². The van der Waals surface area contributed by atoms with E-state index >= 15 is 0 Å². The topological polar surface area (TPSA) is 38.3 Å². The Morgan fingerprint density at radius 1 is 1.41 bits per heavy atom. The number of carbonyl (C=O) groups excluding carboxylic acids is 1. The van der Waals surface area contributed by atoms with Gasteiger partial charge in [-0.1, -0.05) is 0 Å². The molecule has 0 fully saturated rings. The normalized spacial score (nSPS) is 11.0. The Morgan fingerprint density at radius 2 is 2.00 bits per heavy atom. The van der Waals surface area contributed by atoms with Crippen LogP contribution in [0.15, 0.2) is 0 Å². The second-order valence-electron chi connectivity index (χ2n) is 5.15. The van der Waals surface area contributed by atoms with Gasteiger partial charge in [-0.25, -0.2) is 0 Å². The molecule has 0 aromatic heterocycles. The van der Waals surface area contributed by atoms with Crippen molar-refractivity contribution in [2.75, 3.05) is 20.3 Å². The third kappa shape index (κ3) is 10.1. The molecule has 0 radical (unpaired) electrons. The van der Waals surface area contributed by atoms with Crippen LogP contribution in [0.4, 0.5) is 0 Å². The van der Waals surface area contributed by atoms with Crippen molar-refractivity contribution in [3.05, 3.63) is 0 Å². The van der Waals surface area contributed by atoms with Gasteiger partial charge in [0.25, 0.3) is 0 Å². The molecule has 0 aromatic carbocycles. The van der Waals surface area contributed by atoms with Crippen LogP contribution in [-0.4, -0.2) is 34.3 Å². The Kier molecular flexibility index (Phi) is 8.75. The monoisotopic (exact) mass is 446 g/mol. The average Bonchev–Trinajstić information content (AvgIpc) is 2.14. The van der Waals surface area contributed by atoms with Gasteiger partial charge in [0.05, 0.1) is 0 Å². The number of nitrogens with one attached hydrogen (secondary N) is 1. The van der Waals surface area contributed by atoms with Crippen molar-refractivity contribution in [1.29, 1.82) is 0 Å². The molecule has 0 aliphatic carbocycles. The summed E-state index contributed by atoms with van der Waals surface area (Å²) in [6.45, 7) is 7.79. The van der Waals surface area contributed by atoms with E-state index in [-0.39, 0.29) is 5.91 Å². The number of methoxy groups -OCH3 is 1. The summed E-state index contributed by atoms with van der Waals surface area (Å²) in [5.74, 6) is 0.0229. The number of amides is 1. The number of carbonyl (C=O) groups is 1. The zero-order valence-corrected chi connectivity index (χ0v) is 15.3. The summed E-state index contributed by atoms with van der Waals surface area (Å²) in [5, 5.41) is 2.83. The van der Waals surface area contributed by atoms with Gasteiger partial charge in [0, 0.05) is 0 Å². The van der Waals surface area contributed by atoms with Crippen LogP contribution in [-0.2, 0) is 45.9 Å². The van der Waals surface area contributed by atoms with E-state index < -0.39 is 0 Å². The summed E-state index contributed by atoms with van der Waals surface area (Å²) in [6.07, 6.45) is 1.88. The van der Waals surface area contributed by atoms with Crippen LogP contribution < -0.4 is 5.32 Å². The molecule has 0 atom stereocenters. The number of hydrogen-bond donors (Lipinski definition) is 1. The summed E-state index contributed by atoms with van der Waals surface area (Å²) >= 11 is 3.87. The summed E-state index contributed by atoms with van der Waals surface area (Å²) < 4.78 is 7.15. The number of hydrogen-bond acceptors (Lipinski definition) is 2. The summed E-state index contributed by atoms with van der Waals surface area (Å²) in [4.78, 5) is 11.7. The Labute approximate surface area is 124 Å². The van der Waals surface area contributed by atoms with Gasteiger partial charge in [0.15, 0.2) is 0 Å². The van der Waals surface area contributed by atoms with Gasteiger partial charge in [-0.3, -0.25) is 0 Å². The fraction of sp³-hybridized carbons (Fsp3) is 0.750.